The van der Waals surface area contributed by atoms with E-state index in [2.05, 4.69) is 23.8 Å². The van der Waals surface area contributed by atoms with E-state index in [0.29, 0.717) is 34.6 Å². The van der Waals surface area contributed by atoms with Gasteiger partial charge in [-0.05, 0) is 24.1 Å². The summed E-state index contributed by atoms with van der Waals surface area (Å²) in [5, 5.41) is 3.46. The lowest BCUT2D eigenvalue weighted by molar-refractivity contribution is -0.116. The molecule has 2 heterocycles. The van der Waals surface area contributed by atoms with Crippen LogP contribution in [-0.2, 0) is 11.8 Å². The molecule has 0 saturated carbocycles. The van der Waals surface area contributed by atoms with Crippen molar-refractivity contribution in [2.45, 2.75) is 30.8 Å². The van der Waals surface area contributed by atoms with E-state index in [4.69, 9.17) is 9.47 Å². The van der Waals surface area contributed by atoms with E-state index in [9.17, 15) is 9.59 Å². The lowest BCUT2D eigenvalue weighted by atomic mass is 9.86. The van der Waals surface area contributed by atoms with Gasteiger partial charge in [-0.15, -0.1) is 0 Å². The van der Waals surface area contributed by atoms with Gasteiger partial charge in [-0.3, -0.25) is 9.59 Å². The molecule has 0 spiro atoms. The van der Waals surface area contributed by atoms with E-state index in [1.165, 1.54) is 11.8 Å². The van der Waals surface area contributed by atoms with Crippen LogP contribution in [0.5, 0.6) is 11.5 Å². The minimum absolute atomic E-state index is 0.138. The number of benzene rings is 1. The summed E-state index contributed by atoms with van der Waals surface area (Å²) in [5.74, 6) is 1.93. The fourth-order valence-corrected chi connectivity index (χ4v) is 4.13. The fourth-order valence-electron chi connectivity index (χ4n) is 3.31. The maximum absolute atomic E-state index is 12.9. The third-order valence-corrected chi connectivity index (χ3v) is 5.92. The second kappa shape index (κ2) is 9.17. The molecule has 29 heavy (non-hydrogen) atoms. The molecule has 8 heteroatoms. The standard InChI is InChI=1S/C21H25N3O4S/c1-5-9-28-15-8-7-13(11-16(15)27-4)14-12-17(25)22-19-18(14)20(26)23-21(24(19)3)29-10-6-2/h5,7-8,11,14H,1,6,9-10,12H2,2-4H3,(H,22,25)/t14-/m1/s1. The third-order valence-electron chi connectivity index (χ3n) is 4.68. The van der Waals surface area contributed by atoms with E-state index in [0.717, 1.165) is 17.7 Å². The number of carbonyl (C=O) groups excluding carboxylic acids is 1. The zero-order valence-electron chi connectivity index (χ0n) is 16.9. The average molecular weight is 416 g/mol. The van der Waals surface area contributed by atoms with Crippen molar-refractivity contribution >= 4 is 23.5 Å². The van der Waals surface area contributed by atoms with Crippen LogP contribution in [0.1, 0.15) is 36.8 Å². The number of thioether (sulfide) groups is 1. The number of anilines is 1. The number of nitrogens with zero attached hydrogens (tertiary/aromatic N) is 2. The predicted molar refractivity (Wildman–Crippen MR) is 114 cm³/mol. The first kappa shape index (κ1) is 21.0. The van der Waals surface area contributed by atoms with Gasteiger partial charge in [-0.1, -0.05) is 37.4 Å². The molecule has 0 fully saturated rings. The molecule has 1 amide bonds. The van der Waals surface area contributed by atoms with Gasteiger partial charge in [0, 0.05) is 25.1 Å². The SMILES string of the molecule is C=CCOc1ccc([C@H]2CC(=O)Nc3c2c(=O)nc(SCCC)n3C)cc1OC. The maximum atomic E-state index is 12.9. The monoisotopic (exact) mass is 415 g/mol. The Kier molecular flexibility index (Phi) is 6.64. The van der Waals surface area contributed by atoms with Crippen molar-refractivity contribution in [1.29, 1.82) is 0 Å². The van der Waals surface area contributed by atoms with Gasteiger partial charge < -0.3 is 19.4 Å². The fraction of sp³-hybridized carbons (Fsp3) is 0.381. The molecular formula is C21H25N3O4S. The Morgan fingerprint density at radius 3 is 2.86 bits per heavy atom. The van der Waals surface area contributed by atoms with E-state index in [1.54, 1.807) is 23.8 Å². The summed E-state index contributed by atoms with van der Waals surface area (Å²) < 4.78 is 12.8. The largest absolute Gasteiger partial charge is 0.493 e. The van der Waals surface area contributed by atoms with Crippen LogP contribution < -0.4 is 20.3 Å². The minimum Gasteiger partial charge on any atom is -0.493 e. The predicted octanol–water partition coefficient (Wildman–Crippen LogP) is 3.33. The second-order valence-electron chi connectivity index (χ2n) is 6.68. The lowest BCUT2D eigenvalue weighted by Gasteiger charge is -2.28. The number of amides is 1. The zero-order chi connectivity index (χ0) is 21.0. The van der Waals surface area contributed by atoms with Gasteiger partial charge in [0.25, 0.3) is 5.56 Å². The van der Waals surface area contributed by atoms with Gasteiger partial charge in [-0.2, -0.15) is 4.98 Å². The third kappa shape index (κ3) is 4.32. The zero-order valence-corrected chi connectivity index (χ0v) is 17.7. The van der Waals surface area contributed by atoms with E-state index >= 15 is 0 Å². The summed E-state index contributed by atoms with van der Waals surface area (Å²) in [5.41, 5.74) is 0.985. The Bertz CT molecular complexity index is 987. The van der Waals surface area contributed by atoms with Crippen molar-refractivity contribution in [3.63, 3.8) is 0 Å². The molecule has 0 radical (unpaired) electrons. The molecule has 0 saturated heterocycles. The van der Waals surface area contributed by atoms with Gasteiger partial charge in [0.2, 0.25) is 5.91 Å². The molecular weight excluding hydrogens is 390 g/mol. The second-order valence-corrected chi connectivity index (χ2v) is 7.75. The minimum atomic E-state index is -0.405. The Hall–Kier alpha value is -2.74. The van der Waals surface area contributed by atoms with Crippen LogP contribution in [0.15, 0.2) is 40.8 Å². The first-order valence-electron chi connectivity index (χ1n) is 9.45. The molecule has 0 bridgehead atoms. The van der Waals surface area contributed by atoms with Gasteiger partial charge in [-0.25, -0.2) is 0 Å². The van der Waals surface area contributed by atoms with Crippen molar-refractivity contribution in [2.24, 2.45) is 7.05 Å². The number of ether oxygens (including phenoxy) is 2. The first-order chi connectivity index (χ1) is 14.0. The van der Waals surface area contributed by atoms with Crippen molar-refractivity contribution in [2.75, 3.05) is 24.8 Å². The molecule has 3 rings (SSSR count). The molecule has 0 unspecified atom stereocenters. The molecule has 1 atom stereocenters. The van der Waals surface area contributed by atoms with Gasteiger partial charge in [0.1, 0.15) is 12.4 Å². The summed E-state index contributed by atoms with van der Waals surface area (Å²) in [7, 11) is 3.37. The molecule has 154 valence electrons. The number of hydrogen-bond acceptors (Lipinski definition) is 6. The highest BCUT2D eigenvalue weighted by atomic mass is 32.2. The summed E-state index contributed by atoms with van der Waals surface area (Å²) in [4.78, 5) is 29.6. The Balaban J connectivity index is 2.07. The lowest BCUT2D eigenvalue weighted by Crippen LogP contribution is -2.33. The van der Waals surface area contributed by atoms with Gasteiger partial charge >= 0.3 is 0 Å². The number of hydrogen-bond donors (Lipinski definition) is 1. The van der Waals surface area contributed by atoms with Crippen molar-refractivity contribution in [3.05, 3.63) is 52.3 Å². The maximum Gasteiger partial charge on any atom is 0.279 e. The number of fused-ring (bicyclic) bond motifs is 1. The molecule has 1 aromatic heterocycles. The highest BCUT2D eigenvalue weighted by Gasteiger charge is 2.32. The number of nitrogens with one attached hydrogen (secondary N) is 1. The normalized spacial score (nSPS) is 15.4. The molecule has 2 aromatic rings. The average Bonchev–Trinajstić information content (AvgIpc) is 2.72. The molecule has 1 aliphatic rings. The Morgan fingerprint density at radius 1 is 1.38 bits per heavy atom. The van der Waals surface area contributed by atoms with Crippen LogP contribution in [-0.4, -0.2) is 34.9 Å². The van der Waals surface area contributed by atoms with E-state index in [1.807, 2.05) is 19.2 Å². The van der Waals surface area contributed by atoms with Crippen LogP contribution in [0.2, 0.25) is 0 Å². The van der Waals surface area contributed by atoms with E-state index in [-0.39, 0.29) is 17.9 Å². The van der Waals surface area contributed by atoms with Crippen molar-refractivity contribution in [1.82, 2.24) is 9.55 Å². The Morgan fingerprint density at radius 2 is 2.17 bits per heavy atom. The van der Waals surface area contributed by atoms with Crippen LogP contribution in [0.4, 0.5) is 5.82 Å². The summed E-state index contributed by atoms with van der Waals surface area (Å²) in [6, 6.07) is 5.45. The van der Waals surface area contributed by atoms with Crippen LogP contribution in [0, 0.1) is 0 Å². The molecule has 7 nitrogen and oxygen atoms in total. The number of methoxy groups -OCH3 is 1. The van der Waals surface area contributed by atoms with Crippen LogP contribution in [0.25, 0.3) is 0 Å². The van der Waals surface area contributed by atoms with Crippen LogP contribution >= 0.6 is 11.8 Å². The summed E-state index contributed by atoms with van der Waals surface area (Å²) in [6.45, 7) is 6.06. The molecule has 1 aromatic carbocycles. The van der Waals surface area contributed by atoms with Gasteiger partial charge in [0.15, 0.2) is 16.7 Å². The molecule has 0 aliphatic carbocycles. The molecule has 1 N–H and O–H groups in total. The van der Waals surface area contributed by atoms with Gasteiger partial charge in [0.05, 0.1) is 12.7 Å². The van der Waals surface area contributed by atoms with Crippen molar-refractivity contribution in [3.8, 4) is 11.5 Å². The van der Waals surface area contributed by atoms with Crippen molar-refractivity contribution < 1.29 is 14.3 Å². The first-order valence-corrected chi connectivity index (χ1v) is 10.4. The quantitative estimate of drug-likeness (QED) is 0.405. The molecule has 1 aliphatic heterocycles. The van der Waals surface area contributed by atoms with E-state index < -0.39 is 5.92 Å². The highest BCUT2D eigenvalue weighted by Crippen LogP contribution is 2.39. The number of aromatic nitrogens is 2. The Labute approximate surface area is 174 Å². The highest BCUT2D eigenvalue weighted by molar-refractivity contribution is 7.99. The topological polar surface area (TPSA) is 82.5 Å². The summed E-state index contributed by atoms with van der Waals surface area (Å²) >= 11 is 1.50. The summed E-state index contributed by atoms with van der Waals surface area (Å²) in [6.07, 6.45) is 2.78. The smallest absolute Gasteiger partial charge is 0.279 e. The van der Waals surface area contributed by atoms with Crippen LogP contribution in [0.3, 0.4) is 0 Å². The number of rotatable bonds is 8. The number of carbonyl (C=O) groups is 1.